The monoisotopic (exact) mass is 406 g/mol. The number of carbonyl (C=O) groups excluding carboxylic acids is 2. The van der Waals surface area contributed by atoms with Gasteiger partial charge in [-0.1, -0.05) is 25.3 Å². The first kappa shape index (κ1) is 20.1. The highest BCUT2D eigenvalue weighted by atomic mass is 16.5. The average molecular weight is 406 g/mol. The van der Waals surface area contributed by atoms with Gasteiger partial charge < -0.3 is 14.7 Å². The number of aryl methyl sites for hydroxylation is 1. The second kappa shape index (κ2) is 8.30. The van der Waals surface area contributed by atoms with Crippen LogP contribution in [0.25, 0.3) is 5.76 Å². The number of pyridine rings is 1. The smallest absolute Gasteiger partial charge is 0.295 e. The normalized spacial score (nSPS) is 21.8. The number of hydrogen-bond donors (Lipinski definition) is 1. The summed E-state index contributed by atoms with van der Waals surface area (Å²) in [6.07, 6.45) is 6.56. The van der Waals surface area contributed by atoms with E-state index < -0.39 is 17.7 Å². The first-order valence-electron chi connectivity index (χ1n) is 10.4. The fourth-order valence-electron chi connectivity index (χ4n) is 4.60. The van der Waals surface area contributed by atoms with E-state index in [0.29, 0.717) is 17.0 Å². The van der Waals surface area contributed by atoms with Gasteiger partial charge in [0.15, 0.2) is 0 Å². The molecule has 1 atom stereocenters. The van der Waals surface area contributed by atoms with Crippen LogP contribution in [-0.4, -0.2) is 39.8 Å². The summed E-state index contributed by atoms with van der Waals surface area (Å²) in [4.78, 5) is 32.3. The van der Waals surface area contributed by atoms with E-state index in [1.807, 2.05) is 13.0 Å². The average Bonchev–Trinajstić information content (AvgIpc) is 3.05. The largest absolute Gasteiger partial charge is 0.507 e. The summed E-state index contributed by atoms with van der Waals surface area (Å²) in [5.74, 6) is -0.685. The number of amides is 1. The Bertz CT molecular complexity index is 994. The van der Waals surface area contributed by atoms with Crippen LogP contribution in [0.5, 0.6) is 5.75 Å². The predicted octanol–water partition coefficient (Wildman–Crippen LogP) is 4.15. The molecule has 1 aromatic heterocycles. The van der Waals surface area contributed by atoms with Gasteiger partial charge in [0.05, 0.1) is 18.4 Å². The van der Waals surface area contributed by atoms with Gasteiger partial charge in [0.1, 0.15) is 17.6 Å². The molecule has 0 spiro atoms. The number of ketones is 1. The standard InChI is InChI=1S/C24H26N2O4/c1-15-14-16(11-12-19(15)30-2)22(27)20-21(18-10-6-7-13-25-18)26(24(29)23(20)28)17-8-4-3-5-9-17/h6-7,10-14,17,21,27H,3-5,8-9H2,1-2H3/b22-20-. The van der Waals surface area contributed by atoms with E-state index in [1.165, 1.54) is 0 Å². The molecule has 2 aromatic rings. The van der Waals surface area contributed by atoms with E-state index in [1.54, 1.807) is 48.5 Å². The molecule has 1 saturated carbocycles. The maximum atomic E-state index is 13.1. The number of ether oxygens (including phenoxy) is 1. The van der Waals surface area contributed by atoms with Crippen LogP contribution >= 0.6 is 0 Å². The molecule has 1 aromatic carbocycles. The van der Waals surface area contributed by atoms with Crippen molar-refractivity contribution >= 4 is 17.4 Å². The van der Waals surface area contributed by atoms with Crippen LogP contribution in [-0.2, 0) is 9.59 Å². The molecular formula is C24H26N2O4. The van der Waals surface area contributed by atoms with Gasteiger partial charge >= 0.3 is 0 Å². The van der Waals surface area contributed by atoms with Gasteiger partial charge in [-0.15, -0.1) is 0 Å². The van der Waals surface area contributed by atoms with Crippen molar-refractivity contribution in [3.63, 3.8) is 0 Å². The van der Waals surface area contributed by atoms with Crippen LogP contribution in [0, 0.1) is 6.92 Å². The van der Waals surface area contributed by atoms with Crippen molar-refractivity contribution in [1.82, 2.24) is 9.88 Å². The van der Waals surface area contributed by atoms with Gasteiger partial charge in [0.2, 0.25) is 0 Å². The number of hydrogen-bond acceptors (Lipinski definition) is 5. The molecule has 1 N–H and O–H groups in total. The van der Waals surface area contributed by atoms with Crippen molar-refractivity contribution in [2.45, 2.75) is 51.1 Å². The van der Waals surface area contributed by atoms with Gasteiger partial charge in [-0.3, -0.25) is 14.6 Å². The van der Waals surface area contributed by atoms with Crippen LogP contribution in [0.1, 0.15) is 55.0 Å². The first-order chi connectivity index (χ1) is 14.5. The number of carbonyl (C=O) groups is 2. The summed E-state index contributed by atoms with van der Waals surface area (Å²) in [6.45, 7) is 1.87. The topological polar surface area (TPSA) is 79.7 Å². The Hall–Kier alpha value is -3.15. The highest BCUT2D eigenvalue weighted by Gasteiger charge is 2.49. The van der Waals surface area contributed by atoms with Crippen LogP contribution in [0.15, 0.2) is 48.2 Å². The van der Waals surface area contributed by atoms with E-state index >= 15 is 0 Å². The number of methoxy groups -OCH3 is 1. The van der Waals surface area contributed by atoms with Crippen molar-refractivity contribution in [2.24, 2.45) is 0 Å². The van der Waals surface area contributed by atoms with Crippen LogP contribution in [0.2, 0.25) is 0 Å². The van der Waals surface area contributed by atoms with Gasteiger partial charge in [-0.2, -0.15) is 0 Å². The second-order valence-corrected chi connectivity index (χ2v) is 7.94. The molecule has 1 unspecified atom stereocenters. The predicted molar refractivity (Wildman–Crippen MR) is 113 cm³/mol. The molecule has 1 amide bonds. The van der Waals surface area contributed by atoms with E-state index in [4.69, 9.17) is 4.74 Å². The van der Waals surface area contributed by atoms with E-state index in [9.17, 15) is 14.7 Å². The number of Topliss-reactive ketones (excluding diaryl/α,β-unsaturated/α-hetero) is 1. The Morgan fingerprint density at radius 1 is 1.13 bits per heavy atom. The van der Waals surface area contributed by atoms with E-state index in [2.05, 4.69) is 4.98 Å². The van der Waals surface area contributed by atoms with Gasteiger partial charge in [0.25, 0.3) is 11.7 Å². The minimum Gasteiger partial charge on any atom is -0.507 e. The Morgan fingerprint density at radius 2 is 1.90 bits per heavy atom. The van der Waals surface area contributed by atoms with Gasteiger partial charge in [-0.25, -0.2) is 0 Å². The Morgan fingerprint density at radius 3 is 2.53 bits per heavy atom. The quantitative estimate of drug-likeness (QED) is 0.469. The van der Waals surface area contributed by atoms with Crippen LogP contribution < -0.4 is 4.74 Å². The van der Waals surface area contributed by atoms with Crippen molar-refractivity contribution in [2.75, 3.05) is 7.11 Å². The minimum absolute atomic E-state index is 0.0230. The summed E-state index contributed by atoms with van der Waals surface area (Å²) in [7, 11) is 1.58. The summed E-state index contributed by atoms with van der Waals surface area (Å²) in [6, 6.07) is 9.93. The number of aliphatic hydroxyl groups excluding tert-OH is 1. The Kier molecular flexibility index (Phi) is 5.57. The lowest BCUT2D eigenvalue weighted by atomic mass is 9.92. The second-order valence-electron chi connectivity index (χ2n) is 7.94. The van der Waals surface area contributed by atoms with Crippen molar-refractivity contribution < 1.29 is 19.4 Å². The summed E-state index contributed by atoms with van der Waals surface area (Å²) >= 11 is 0. The number of likely N-dealkylation sites (tertiary alicyclic amines) is 1. The lowest BCUT2D eigenvalue weighted by molar-refractivity contribution is -0.141. The molecule has 1 aliphatic carbocycles. The van der Waals surface area contributed by atoms with Gasteiger partial charge in [0, 0.05) is 17.8 Å². The number of benzene rings is 1. The molecule has 156 valence electrons. The highest BCUT2D eigenvalue weighted by molar-refractivity contribution is 6.46. The number of aromatic nitrogens is 1. The zero-order chi connectivity index (χ0) is 21.3. The van der Waals surface area contributed by atoms with Gasteiger partial charge in [-0.05, 0) is 55.7 Å². The SMILES string of the molecule is COc1ccc(/C(O)=C2/C(=O)C(=O)N(C3CCCCC3)C2c2ccccn2)cc1C. The molecule has 6 heteroatoms. The fourth-order valence-corrected chi connectivity index (χ4v) is 4.60. The van der Waals surface area contributed by atoms with E-state index in [-0.39, 0.29) is 17.4 Å². The Balaban J connectivity index is 1.85. The fraction of sp³-hybridized carbons (Fsp3) is 0.375. The summed E-state index contributed by atoms with van der Waals surface area (Å²) < 4.78 is 5.29. The molecule has 4 rings (SSSR count). The third-order valence-corrected chi connectivity index (χ3v) is 6.08. The molecule has 1 aliphatic heterocycles. The number of aliphatic hydroxyl groups is 1. The van der Waals surface area contributed by atoms with Crippen LogP contribution in [0.4, 0.5) is 0 Å². The Labute approximate surface area is 176 Å². The zero-order valence-electron chi connectivity index (χ0n) is 17.3. The minimum atomic E-state index is -0.684. The maximum absolute atomic E-state index is 13.1. The third kappa shape index (κ3) is 3.47. The summed E-state index contributed by atoms with van der Waals surface area (Å²) in [5, 5.41) is 11.2. The maximum Gasteiger partial charge on any atom is 0.295 e. The lowest BCUT2D eigenvalue weighted by Crippen LogP contribution is -2.40. The molecular weight excluding hydrogens is 380 g/mol. The number of rotatable bonds is 4. The van der Waals surface area contributed by atoms with Crippen molar-refractivity contribution in [3.05, 3.63) is 65.0 Å². The molecule has 2 heterocycles. The lowest BCUT2D eigenvalue weighted by Gasteiger charge is -2.35. The molecule has 6 nitrogen and oxygen atoms in total. The third-order valence-electron chi connectivity index (χ3n) is 6.08. The molecule has 0 radical (unpaired) electrons. The highest BCUT2D eigenvalue weighted by Crippen LogP contribution is 2.42. The summed E-state index contributed by atoms with van der Waals surface area (Å²) in [5.41, 5.74) is 2.01. The zero-order valence-corrected chi connectivity index (χ0v) is 17.3. The molecule has 2 aliphatic rings. The van der Waals surface area contributed by atoms with Crippen molar-refractivity contribution in [1.29, 1.82) is 0 Å². The van der Waals surface area contributed by atoms with E-state index in [0.717, 1.165) is 37.7 Å². The molecule has 1 saturated heterocycles. The first-order valence-corrected chi connectivity index (χ1v) is 10.4. The molecule has 30 heavy (non-hydrogen) atoms. The van der Waals surface area contributed by atoms with Crippen molar-refractivity contribution in [3.8, 4) is 5.75 Å². The van der Waals surface area contributed by atoms with Crippen LogP contribution in [0.3, 0.4) is 0 Å². The molecule has 2 fully saturated rings. The number of nitrogens with zero attached hydrogens (tertiary/aromatic N) is 2. The molecule has 0 bridgehead atoms.